The van der Waals surface area contributed by atoms with Crippen molar-refractivity contribution in [2.75, 3.05) is 0 Å². The molecule has 0 unspecified atom stereocenters. The number of aryl methyl sites for hydroxylation is 1. The van der Waals surface area contributed by atoms with Crippen LogP contribution in [0.5, 0.6) is 0 Å². The number of hydrogen-bond donors (Lipinski definition) is 1. The predicted molar refractivity (Wildman–Crippen MR) is 78.9 cm³/mol. The van der Waals surface area contributed by atoms with Gasteiger partial charge in [0.05, 0.1) is 0 Å². The van der Waals surface area contributed by atoms with E-state index in [1.807, 2.05) is 11.3 Å². The Balaban J connectivity index is 1.69. The van der Waals surface area contributed by atoms with Gasteiger partial charge in [0, 0.05) is 22.3 Å². The Hall–Kier alpha value is -0.340. The van der Waals surface area contributed by atoms with Crippen molar-refractivity contribution < 1.29 is 0 Å². The van der Waals surface area contributed by atoms with Crippen molar-refractivity contribution in [3.8, 4) is 0 Å². The second-order valence-corrected chi connectivity index (χ2v) is 8.43. The lowest BCUT2D eigenvalue weighted by Crippen LogP contribution is -2.44. The first-order valence-corrected chi connectivity index (χ1v) is 8.04. The minimum Gasteiger partial charge on any atom is -0.309 e. The van der Waals surface area contributed by atoms with E-state index in [-0.39, 0.29) is 0 Å². The summed E-state index contributed by atoms with van der Waals surface area (Å²) in [5, 5.41) is 3.85. The van der Waals surface area contributed by atoms with Gasteiger partial charge in [0.2, 0.25) is 0 Å². The standard InChI is InChI=1S/C16H25NS/c1-11-5-6-13(18-11)10-17-14-9-12-7-8-16(14,4)15(12,2)3/h5-6,12,14,17H,7-10H2,1-4H3/t12-,14+,16+/m0/s1. The molecule has 100 valence electrons. The molecule has 2 aliphatic rings. The fourth-order valence-electron chi connectivity index (χ4n) is 4.32. The van der Waals surface area contributed by atoms with Gasteiger partial charge in [0.1, 0.15) is 0 Å². The molecule has 0 saturated heterocycles. The summed E-state index contributed by atoms with van der Waals surface area (Å²) in [7, 11) is 0. The number of rotatable bonds is 3. The van der Waals surface area contributed by atoms with Crippen LogP contribution < -0.4 is 5.32 Å². The minimum absolute atomic E-state index is 0.504. The van der Waals surface area contributed by atoms with Gasteiger partial charge in [0.15, 0.2) is 0 Å². The normalized spacial score (nSPS) is 37.3. The Morgan fingerprint density at radius 1 is 1.33 bits per heavy atom. The SMILES string of the molecule is Cc1ccc(CN[C@@H]2C[C@@H]3CC[C@@]2(C)C3(C)C)s1. The molecule has 2 saturated carbocycles. The van der Waals surface area contributed by atoms with E-state index in [4.69, 9.17) is 0 Å². The molecule has 2 fully saturated rings. The molecule has 0 spiro atoms. The molecule has 18 heavy (non-hydrogen) atoms. The van der Waals surface area contributed by atoms with Gasteiger partial charge in [-0.2, -0.15) is 0 Å². The van der Waals surface area contributed by atoms with Crippen LogP contribution in [0.25, 0.3) is 0 Å². The fraction of sp³-hybridized carbons (Fsp3) is 0.750. The predicted octanol–water partition coefficient (Wildman–Crippen LogP) is 4.36. The van der Waals surface area contributed by atoms with E-state index in [0.29, 0.717) is 16.9 Å². The van der Waals surface area contributed by atoms with Crippen molar-refractivity contribution in [1.29, 1.82) is 0 Å². The first-order chi connectivity index (χ1) is 8.43. The summed E-state index contributed by atoms with van der Waals surface area (Å²) < 4.78 is 0. The third-order valence-electron chi connectivity index (χ3n) is 6.11. The van der Waals surface area contributed by atoms with Crippen LogP contribution in [-0.4, -0.2) is 6.04 Å². The second-order valence-electron chi connectivity index (χ2n) is 7.06. The Kier molecular flexibility index (Phi) is 2.87. The van der Waals surface area contributed by atoms with Crippen LogP contribution in [0.15, 0.2) is 12.1 Å². The summed E-state index contributed by atoms with van der Waals surface area (Å²) in [5.41, 5.74) is 1.03. The molecule has 1 N–H and O–H groups in total. The molecule has 0 amide bonds. The molecular formula is C16H25NS. The number of fused-ring (bicyclic) bond motifs is 2. The second kappa shape index (κ2) is 4.08. The molecule has 0 radical (unpaired) electrons. The molecule has 2 aliphatic carbocycles. The van der Waals surface area contributed by atoms with Gasteiger partial charge in [-0.15, -0.1) is 11.3 Å². The average molecular weight is 263 g/mol. The quantitative estimate of drug-likeness (QED) is 0.854. The summed E-state index contributed by atoms with van der Waals surface area (Å²) in [4.78, 5) is 2.91. The lowest BCUT2D eigenvalue weighted by atomic mass is 9.69. The summed E-state index contributed by atoms with van der Waals surface area (Å²) >= 11 is 1.93. The average Bonchev–Trinajstić information content (AvgIpc) is 2.87. The first-order valence-electron chi connectivity index (χ1n) is 7.22. The minimum atomic E-state index is 0.504. The van der Waals surface area contributed by atoms with Crippen LogP contribution in [0.2, 0.25) is 0 Å². The third-order valence-corrected chi connectivity index (χ3v) is 7.11. The van der Waals surface area contributed by atoms with Crippen LogP contribution in [0.1, 0.15) is 49.8 Å². The monoisotopic (exact) mass is 263 g/mol. The van der Waals surface area contributed by atoms with Crippen molar-refractivity contribution in [2.24, 2.45) is 16.7 Å². The molecule has 1 aromatic rings. The molecule has 2 heteroatoms. The third kappa shape index (κ3) is 1.69. The van der Waals surface area contributed by atoms with E-state index in [9.17, 15) is 0 Å². The van der Waals surface area contributed by atoms with Crippen LogP contribution >= 0.6 is 11.3 Å². The highest BCUT2D eigenvalue weighted by Gasteiger charge is 2.60. The van der Waals surface area contributed by atoms with E-state index in [1.54, 1.807) is 0 Å². The zero-order valence-corrected chi connectivity index (χ0v) is 12.9. The number of nitrogens with one attached hydrogen (secondary N) is 1. The summed E-state index contributed by atoms with van der Waals surface area (Å²) in [6.07, 6.45) is 4.24. The number of hydrogen-bond acceptors (Lipinski definition) is 2. The Labute approximate surface area is 115 Å². The lowest BCUT2D eigenvalue weighted by Gasteiger charge is -2.39. The van der Waals surface area contributed by atoms with Crippen LogP contribution in [0.3, 0.4) is 0 Å². The van der Waals surface area contributed by atoms with Gasteiger partial charge in [-0.3, -0.25) is 0 Å². The Morgan fingerprint density at radius 3 is 2.61 bits per heavy atom. The van der Waals surface area contributed by atoms with Gasteiger partial charge < -0.3 is 5.32 Å². The maximum Gasteiger partial charge on any atom is 0.0302 e. The van der Waals surface area contributed by atoms with Crippen molar-refractivity contribution in [1.82, 2.24) is 5.32 Å². The lowest BCUT2D eigenvalue weighted by molar-refractivity contribution is 0.120. The maximum absolute atomic E-state index is 3.85. The van der Waals surface area contributed by atoms with Gasteiger partial charge in [-0.1, -0.05) is 20.8 Å². The van der Waals surface area contributed by atoms with Gasteiger partial charge >= 0.3 is 0 Å². The molecule has 1 aromatic heterocycles. The molecule has 3 rings (SSSR count). The van der Waals surface area contributed by atoms with Gasteiger partial charge in [-0.05, 0) is 55.1 Å². The summed E-state index contributed by atoms with van der Waals surface area (Å²) in [5.74, 6) is 0.935. The van der Waals surface area contributed by atoms with Gasteiger partial charge in [0.25, 0.3) is 0 Å². The van der Waals surface area contributed by atoms with Crippen LogP contribution in [0.4, 0.5) is 0 Å². The Morgan fingerprint density at radius 2 is 2.11 bits per heavy atom. The Bertz CT molecular complexity index is 448. The molecular weight excluding hydrogens is 238 g/mol. The maximum atomic E-state index is 3.85. The molecule has 1 nitrogen and oxygen atoms in total. The van der Waals surface area contributed by atoms with E-state index in [0.717, 1.165) is 12.5 Å². The van der Waals surface area contributed by atoms with Crippen LogP contribution in [0, 0.1) is 23.7 Å². The van der Waals surface area contributed by atoms with Gasteiger partial charge in [-0.25, -0.2) is 0 Å². The van der Waals surface area contributed by atoms with Crippen molar-refractivity contribution in [3.05, 3.63) is 21.9 Å². The number of thiophene rings is 1. The summed E-state index contributed by atoms with van der Waals surface area (Å²) in [6.45, 7) is 10.7. The first kappa shape index (κ1) is 12.7. The van der Waals surface area contributed by atoms with Crippen molar-refractivity contribution >= 4 is 11.3 Å². The highest BCUT2D eigenvalue weighted by atomic mass is 32.1. The highest BCUT2D eigenvalue weighted by Crippen LogP contribution is 2.65. The van der Waals surface area contributed by atoms with Crippen molar-refractivity contribution in [3.63, 3.8) is 0 Å². The molecule has 2 bridgehead atoms. The smallest absolute Gasteiger partial charge is 0.0302 e. The van der Waals surface area contributed by atoms with Crippen molar-refractivity contribution in [2.45, 2.75) is 59.5 Å². The van der Waals surface area contributed by atoms with E-state index in [1.165, 1.54) is 29.0 Å². The summed E-state index contributed by atoms with van der Waals surface area (Å²) in [6, 6.07) is 5.22. The fourth-order valence-corrected chi connectivity index (χ4v) is 5.16. The highest BCUT2D eigenvalue weighted by molar-refractivity contribution is 7.11. The van der Waals surface area contributed by atoms with E-state index in [2.05, 4.69) is 45.1 Å². The molecule has 1 heterocycles. The van der Waals surface area contributed by atoms with Crippen LogP contribution in [-0.2, 0) is 6.54 Å². The zero-order chi connectivity index (χ0) is 13.0. The zero-order valence-electron chi connectivity index (χ0n) is 12.0. The molecule has 0 aliphatic heterocycles. The molecule has 3 atom stereocenters. The topological polar surface area (TPSA) is 12.0 Å². The largest absolute Gasteiger partial charge is 0.309 e. The van der Waals surface area contributed by atoms with E-state index < -0.39 is 0 Å². The van der Waals surface area contributed by atoms with E-state index >= 15 is 0 Å². The molecule has 0 aromatic carbocycles.